The van der Waals surface area contributed by atoms with Crippen LogP contribution in [0, 0.1) is 5.92 Å². The molecule has 0 bridgehead atoms. The maximum Gasteiger partial charge on any atom is 0.159 e. The Kier molecular flexibility index (Phi) is 4.98. The Morgan fingerprint density at radius 3 is 2.62 bits per heavy atom. The summed E-state index contributed by atoms with van der Waals surface area (Å²) in [6.07, 6.45) is 7.39. The number of rotatable bonds is 5. The lowest BCUT2D eigenvalue weighted by Gasteiger charge is -2.12. The van der Waals surface area contributed by atoms with Gasteiger partial charge in [0.25, 0.3) is 0 Å². The summed E-state index contributed by atoms with van der Waals surface area (Å²) in [5.74, 6) is 0.831. The summed E-state index contributed by atoms with van der Waals surface area (Å²) in [6.45, 7) is 8.67. The third-order valence-corrected chi connectivity index (χ3v) is 3.63. The van der Waals surface area contributed by atoms with Crippen molar-refractivity contribution in [3.05, 3.63) is 22.8 Å². The zero-order valence-corrected chi connectivity index (χ0v) is 11.1. The van der Waals surface area contributed by atoms with E-state index in [-0.39, 0.29) is 0 Å². The average Bonchev–Trinajstić information content (AvgIpc) is 2.58. The molecule has 0 aromatic heterocycles. The van der Waals surface area contributed by atoms with Gasteiger partial charge in [-0.1, -0.05) is 31.1 Å². The van der Waals surface area contributed by atoms with Crippen molar-refractivity contribution in [2.75, 3.05) is 0 Å². The Hall–Kier alpha value is -0.850. The maximum atomic E-state index is 11.7. The first kappa shape index (κ1) is 13.2. The van der Waals surface area contributed by atoms with Gasteiger partial charge in [-0.15, -0.1) is 0 Å². The largest absolute Gasteiger partial charge is 0.295 e. The molecule has 0 heterocycles. The molecule has 16 heavy (non-hydrogen) atoms. The van der Waals surface area contributed by atoms with Gasteiger partial charge in [-0.25, -0.2) is 0 Å². The highest BCUT2D eigenvalue weighted by Gasteiger charge is 2.24. The highest BCUT2D eigenvalue weighted by molar-refractivity contribution is 5.98. The molecule has 0 fully saturated rings. The molecule has 0 aromatic rings. The summed E-state index contributed by atoms with van der Waals surface area (Å²) < 4.78 is 0. The fraction of sp³-hybridized carbons (Fsp3) is 0.667. The topological polar surface area (TPSA) is 17.1 Å². The first-order valence-corrected chi connectivity index (χ1v) is 6.44. The van der Waals surface area contributed by atoms with E-state index in [4.69, 9.17) is 0 Å². The van der Waals surface area contributed by atoms with E-state index in [2.05, 4.69) is 33.8 Å². The van der Waals surface area contributed by atoms with Gasteiger partial charge in [-0.2, -0.15) is 0 Å². The lowest BCUT2D eigenvalue weighted by molar-refractivity contribution is -0.115. The third kappa shape index (κ3) is 3.33. The van der Waals surface area contributed by atoms with E-state index in [1.165, 1.54) is 11.1 Å². The van der Waals surface area contributed by atoms with Crippen LogP contribution in [0.3, 0.4) is 0 Å². The van der Waals surface area contributed by atoms with E-state index in [1.807, 2.05) is 0 Å². The Morgan fingerprint density at radius 1 is 1.44 bits per heavy atom. The van der Waals surface area contributed by atoms with E-state index in [0.29, 0.717) is 11.7 Å². The minimum atomic E-state index is 0.390. The molecule has 1 unspecified atom stereocenters. The van der Waals surface area contributed by atoms with Crippen LogP contribution in [0.25, 0.3) is 0 Å². The highest BCUT2D eigenvalue weighted by Crippen LogP contribution is 2.30. The summed E-state index contributed by atoms with van der Waals surface area (Å²) in [4.78, 5) is 11.7. The summed E-state index contributed by atoms with van der Waals surface area (Å²) >= 11 is 0. The number of carbonyl (C=O) groups excluding carboxylic acids is 1. The second kappa shape index (κ2) is 6.03. The SMILES string of the molecule is CCC(C)=CCCC(C)C1=C(C)CCC1=O. The molecule has 1 nitrogen and oxygen atoms in total. The number of Topliss-reactive ketones (excluding diaryl/α,β-unsaturated/α-hetero) is 1. The van der Waals surface area contributed by atoms with Crippen LogP contribution in [0.4, 0.5) is 0 Å². The molecular formula is C15H24O. The molecule has 0 aromatic carbocycles. The minimum absolute atomic E-state index is 0.390. The highest BCUT2D eigenvalue weighted by atomic mass is 16.1. The van der Waals surface area contributed by atoms with E-state index in [0.717, 1.165) is 37.7 Å². The first-order valence-electron chi connectivity index (χ1n) is 6.44. The Balaban J connectivity index is 2.50. The van der Waals surface area contributed by atoms with Crippen LogP contribution in [0.15, 0.2) is 22.8 Å². The third-order valence-electron chi connectivity index (χ3n) is 3.63. The van der Waals surface area contributed by atoms with Crippen molar-refractivity contribution in [2.24, 2.45) is 5.92 Å². The molecule has 0 N–H and O–H groups in total. The smallest absolute Gasteiger partial charge is 0.159 e. The van der Waals surface area contributed by atoms with Crippen molar-refractivity contribution in [3.8, 4) is 0 Å². The predicted molar refractivity (Wildman–Crippen MR) is 69.4 cm³/mol. The number of carbonyl (C=O) groups is 1. The van der Waals surface area contributed by atoms with Gasteiger partial charge in [0.05, 0.1) is 0 Å². The monoisotopic (exact) mass is 220 g/mol. The number of ketones is 1. The van der Waals surface area contributed by atoms with Crippen molar-refractivity contribution in [2.45, 2.75) is 59.8 Å². The fourth-order valence-corrected chi connectivity index (χ4v) is 2.37. The molecule has 1 heteroatoms. The standard InChI is InChI=1S/C15H24O/c1-5-11(2)7-6-8-12(3)15-13(4)9-10-14(15)16/h7,12H,5-6,8-10H2,1-4H3. The lowest BCUT2D eigenvalue weighted by Crippen LogP contribution is -2.07. The maximum absolute atomic E-state index is 11.7. The molecule has 0 radical (unpaired) electrons. The van der Waals surface area contributed by atoms with Gasteiger partial charge in [0.2, 0.25) is 0 Å². The molecule has 1 atom stereocenters. The van der Waals surface area contributed by atoms with E-state index >= 15 is 0 Å². The molecule has 1 aliphatic rings. The van der Waals surface area contributed by atoms with Crippen LogP contribution < -0.4 is 0 Å². The fourth-order valence-electron chi connectivity index (χ4n) is 2.37. The first-order chi connectivity index (χ1) is 7.56. The molecule has 90 valence electrons. The molecule has 0 spiro atoms. The predicted octanol–water partition coefficient (Wildman–Crippen LogP) is 4.44. The summed E-state index contributed by atoms with van der Waals surface area (Å²) in [5, 5.41) is 0. The van der Waals surface area contributed by atoms with Crippen LogP contribution in [-0.2, 0) is 4.79 Å². The zero-order chi connectivity index (χ0) is 12.1. The van der Waals surface area contributed by atoms with Crippen LogP contribution in [0.5, 0.6) is 0 Å². The number of hydrogen-bond acceptors (Lipinski definition) is 1. The Morgan fingerprint density at radius 2 is 2.12 bits per heavy atom. The van der Waals surface area contributed by atoms with Gasteiger partial charge in [0.15, 0.2) is 5.78 Å². The van der Waals surface area contributed by atoms with Gasteiger partial charge in [-0.3, -0.25) is 4.79 Å². The van der Waals surface area contributed by atoms with Crippen molar-refractivity contribution in [1.82, 2.24) is 0 Å². The normalized spacial score (nSPS) is 19.5. The van der Waals surface area contributed by atoms with E-state index < -0.39 is 0 Å². The van der Waals surface area contributed by atoms with E-state index in [9.17, 15) is 4.79 Å². The molecule has 1 aliphatic carbocycles. The van der Waals surface area contributed by atoms with Crippen molar-refractivity contribution in [3.63, 3.8) is 0 Å². The molecule has 1 rings (SSSR count). The second-order valence-electron chi connectivity index (χ2n) is 5.00. The number of hydrogen-bond donors (Lipinski definition) is 0. The zero-order valence-electron chi connectivity index (χ0n) is 11.1. The van der Waals surface area contributed by atoms with Crippen molar-refractivity contribution in [1.29, 1.82) is 0 Å². The molecule has 0 aliphatic heterocycles. The molecule has 0 saturated heterocycles. The minimum Gasteiger partial charge on any atom is -0.295 e. The Labute approximate surface area is 99.6 Å². The summed E-state index contributed by atoms with van der Waals surface area (Å²) in [7, 11) is 0. The van der Waals surface area contributed by atoms with Crippen LogP contribution in [-0.4, -0.2) is 5.78 Å². The molecular weight excluding hydrogens is 196 g/mol. The van der Waals surface area contributed by atoms with Gasteiger partial charge in [0, 0.05) is 6.42 Å². The van der Waals surface area contributed by atoms with Crippen LogP contribution in [0.2, 0.25) is 0 Å². The van der Waals surface area contributed by atoms with E-state index in [1.54, 1.807) is 0 Å². The lowest BCUT2D eigenvalue weighted by atomic mass is 9.92. The molecule has 0 amide bonds. The van der Waals surface area contributed by atoms with Gasteiger partial charge in [0.1, 0.15) is 0 Å². The van der Waals surface area contributed by atoms with Crippen molar-refractivity contribution >= 4 is 5.78 Å². The van der Waals surface area contributed by atoms with Crippen LogP contribution in [0.1, 0.15) is 59.8 Å². The van der Waals surface area contributed by atoms with Crippen molar-refractivity contribution < 1.29 is 4.79 Å². The summed E-state index contributed by atoms with van der Waals surface area (Å²) in [5.41, 5.74) is 3.91. The second-order valence-corrected chi connectivity index (χ2v) is 5.00. The summed E-state index contributed by atoms with van der Waals surface area (Å²) in [6, 6.07) is 0. The van der Waals surface area contributed by atoms with Gasteiger partial charge in [-0.05, 0) is 51.0 Å². The van der Waals surface area contributed by atoms with Gasteiger partial charge < -0.3 is 0 Å². The molecule has 0 saturated carbocycles. The Bertz CT molecular complexity index is 320. The van der Waals surface area contributed by atoms with Gasteiger partial charge >= 0.3 is 0 Å². The number of allylic oxidation sites excluding steroid dienone is 4. The van der Waals surface area contributed by atoms with Crippen LogP contribution >= 0.6 is 0 Å². The average molecular weight is 220 g/mol. The quantitative estimate of drug-likeness (QED) is 0.626.